The molecular formula is C10H14Cl3NO7. The van der Waals surface area contributed by atoms with Gasteiger partial charge < -0.3 is 29.5 Å². The number of hydrogen-bond donors (Lipinski definition) is 4. The fourth-order valence-corrected chi connectivity index (χ4v) is 1.78. The van der Waals surface area contributed by atoms with Crippen LogP contribution >= 0.6 is 34.8 Å². The lowest BCUT2D eigenvalue weighted by Gasteiger charge is -2.41. The molecule has 0 saturated carbocycles. The summed E-state index contributed by atoms with van der Waals surface area (Å²) in [4.78, 5) is 11.0. The first-order valence-corrected chi connectivity index (χ1v) is 6.83. The molecule has 0 spiro atoms. The summed E-state index contributed by atoms with van der Waals surface area (Å²) in [6.07, 6.45) is -7.37. The Morgan fingerprint density at radius 3 is 2.29 bits per heavy atom. The first-order valence-electron chi connectivity index (χ1n) is 5.70. The molecule has 0 aliphatic carbocycles. The maximum absolute atomic E-state index is 11.0. The van der Waals surface area contributed by atoms with Gasteiger partial charge in [0.15, 0.2) is 6.10 Å². The minimum atomic E-state index is -2.19. The summed E-state index contributed by atoms with van der Waals surface area (Å²) >= 11 is 16.3. The van der Waals surface area contributed by atoms with E-state index in [-0.39, 0.29) is 0 Å². The molecule has 1 rings (SSSR count). The average molecular weight is 367 g/mol. The van der Waals surface area contributed by atoms with Gasteiger partial charge in [0.2, 0.25) is 12.2 Å². The molecule has 0 amide bonds. The fraction of sp³-hybridized carbons (Fsp3) is 0.800. The van der Waals surface area contributed by atoms with Crippen LogP contribution in [0.3, 0.4) is 0 Å². The molecule has 1 unspecified atom stereocenters. The second-order valence-electron chi connectivity index (χ2n) is 4.23. The topological polar surface area (TPSA) is 129 Å². The zero-order valence-corrected chi connectivity index (χ0v) is 13.0. The van der Waals surface area contributed by atoms with E-state index in [1.165, 1.54) is 0 Å². The number of alkyl halides is 3. The molecule has 4 N–H and O–H groups in total. The Morgan fingerprint density at radius 2 is 1.86 bits per heavy atom. The molecule has 21 heavy (non-hydrogen) atoms. The maximum atomic E-state index is 11.0. The lowest BCUT2D eigenvalue weighted by Crippen LogP contribution is -2.61. The van der Waals surface area contributed by atoms with Crippen molar-refractivity contribution in [3.63, 3.8) is 0 Å². The lowest BCUT2D eigenvalue weighted by molar-refractivity contribution is -0.285. The second kappa shape index (κ2) is 7.28. The van der Waals surface area contributed by atoms with E-state index in [4.69, 9.17) is 59.5 Å². The fourth-order valence-electron chi connectivity index (χ4n) is 1.65. The molecule has 0 aromatic heterocycles. The average Bonchev–Trinajstić information content (AvgIpc) is 2.36. The standard InChI is InChI=1S/C10H14Cl3NO7/c1-3(16)19-7-6(18)5(17)4(2-15)20-8(7)21-9(14)10(11,12)13/h4-8,14-15,17-18H,2H2,1H3/t4-,5-,6+,7-,8?/m1/s1. The normalized spacial score (nSPS) is 33.4. The summed E-state index contributed by atoms with van der Waals surface area (Å²) in [7, 11) is 0. The smallest absolute Gasteiger partial charge is 0.303 e. The number of carbonyl (C=O) groups excluding carboxylic acids is 1. The van der Waals surface area contributed by atoms with Crippen molar-refractivity contribution in [2.24, 2.45) is 0 Å². The molecule has 1 heterocycles. The van der Waals surface area contributed by atoms with Gasteiger partial charge in [-0.1, -0.05) is 34.8 Å². The quantitative estimate of drug-likeness (QED) is 0.234. The minimum absolute atomic E-state index is 0.647. The lowest BCUT2D eigenvalue weighted by atomic mass is 9.99. The summed E-state index contributed by atoms with van der Waals surface area (Å²) in [6, 6.07) is 0. The third-order valence-corrected chi connectivity index (χ3v) is 3.13. The van der Waals surface area contributed by atoms with E-state index in [1.807, 2.05) is 0 Å². The molecule has 5 atom stereocenters. The van der Waals surface area contributed by atoms with Crippen LogP contribution in [-0.4, -0.2) is 68.3 Å². The molecule has 0 aromatic rings. The number of hydrogen-bond acceptors (Lipinski definition) is 8. The van der Waals surface area contributed by atoms with Crippen LogP contribution < -0.4 is 0 Å². The molecule has 1 aliphatic rings. The van der Waals surface area contributed by atoms with Crippen molar-refractivity contribution in [2.45, 2.75) is 41.4 Å². The Labute approximate surface area is 134 Å². The van der Waals surface area contributed by atoms with Gasteiger partial charge in [-0.2, -0.15) is 0 Å². The number of rotatable bonds is 3. The summed E-state index contributed by atoms with van der Waals surface area (Å²) in [5.74, 6) is -1.62. The third kappa shape index (κ3) is 4.82. The van der Waals surface area contributed by atoms with Crippen LogP contribution in [0.25, 0.3) is 0 Å². The highest BCUT2D eigenvalue weighted by Gasteiger charge is 2.49. The molecule has 1 fully saturated rings. The monoisotopic (exact) mass is 365 g/mol. The summed E-state index contributed by atoms with van der Waals surface area (Å²) in [5, 5.41) is 36.1. The van der Waals surface area contributed by atoms with Gasteiger partial charge in [-0.05, 0) is 0 Å². The number of aliphatic hydroxyl groups excluding tert-OH is 3. The molecular weight excluding hydrogens is 352 g/mol. The van der Waals surface area contributed by atoms with Crippen molar-refractivity contribution in [3.05, 3.63) is 0 Å². The Hall–Kier alpha value is -0.350. The minimum Gasteiger partial charge on any atom is -0.453 e. The van der Waals surface area contributed by atoms with E-state index in [0.29, 0.717) is 0 Å². The van der Waals surface area contributed by atoms with Crippen molar-refractivity contribution < 1.29 is 34.3 Å². The highest BCUT2D eigenvalue weighted by atomic mass is 35.6. The molecule has 0 radical (unpaired) electrons. The van der Waals surface area contributed by atoms with Crippen LogP contribution in [0.15, 0.2) is 0 Å². The third-order valence-electron chi connectivity index (χ3n) is 2.62. The number of ether oxygens (including phenoxy) is 3. The molecule has 1 saturated heterocycles. The highest BCUT2D eigenvalue weighted by molar-refractivity contribution is 6.76. The Bertz CT molecular complexity index is 403. The Morgan fingerprint density at radius 1 is 1.29 bits per heavy atom. The SMILES string of the molecule is CC(=O)O[C@H]1C(OC(=N)C(Cl)(Cl)Cl)O[C@H](CO)[C@@H](O)[C@@H]1O. The number of nitrogens with one attached hydrogen (secondary N) is 1. The maximum Gasteiger partial charge on any atom is 0.303 e. The van der Waals surface area contributed by atoms with Crippen LogP contribution in [0.1, 0.15) is 6.92 Å². The van der Waals surface area contributed by atoms with Crippen molar-refractivity contribution >= 4 is 46.7 Å². The first kappa shape index (κ1) is 18.7. The second-order valence-corrected chi connectivity index (χ2v) is 6.51. The van der Waals surface area contributed by atoms with Gasteiger partial charge in [0.1, 0.15) is 18.3 Å². The van der Waals surface area contributed by atoms with E-state index in [2.05, 4.69) is 0 Å². The van der Waals surface area contributed by atoms with Gasteiger partial charge in [0.05, 0.1) is 6.61 Å². The summed E-state index contributed by atoms with van der Waals surface area (Å²) in [6.45, 7) is 0.417. The van der Waals surface area contributed by atoms with E-state index in [1.54, 1.807) is 0 Å². The van der Waals surface area contributed by atoms with E-state index in [9.17, 15) is 15.0 Å². The predicted octanol–water partition coefficient (Wildman–Crippen LogP) is -0.279. The van der Waals surface area contributed by atoms with Gasteiger partial charge in [0, 0.05) is 6.92 Å². The molecule has 0 aromatic carbocycles. The number of aliphatic hydroxyl groups is 3. The summed E-state index contributed by atoms with van der Waals surface area (Å²) < 4.78 is 12.6. The van der Waals surface area contributed by atoms with Gasteiger partial charge in [-0.15, -0.1) is 0 Å². The zero-order chi connectivity index (χ0) is 16.4. The van der Waals surface area contributed by atoms with Gasteiger partial charge >= 0.3 is 5.97 Å². The van der Waals surface area contributed by atoms with Crippen molar-refractivity contribution in [2.75, 3.05) is 6.61 Å². The molecule has 11 heteroatoms. The molecule has 1 aliphatic heterocycles. The number of carbonyl (C=O) groups is 1. The van der Waals surface area contributed by atoms with Crippen LogP contribution in [0.5, 0.6) is 0 Å². The summed E-state index contributed by atoms with van der Waals surface area (Å²) in [5.41, 5.74) is 0. The highest BCUT2D eigenvalue weighted by Crippen LogP contribution is 2.31. The van der Waals surface area contributed by atoms with Crippen molar-refractivity contribution in [3.8, 4) is 0 Å². The Balaban J connectivity index is 2.93. The van der Waals surface area contributed by atoms with Crippen molar-refractivity contribution in [1.82, 2.24) is 0 Å². The predicted molar refractivity (Wildman–Crippen MR) is 72.4 cm³/mol. The van der Waals surface area contributed by atoms with Crippen LogP contribution in [0.2, 0.25) is 0 Å². The van der Waals surface area contributed by atoms with E-state index in [0.717, 1.165) is 6.92 Å². The van der Waals surface area contributed by atoms with Crippen LogP contribution in [0, 0.1) is 5.41 Å². The first-order chi connectivity index (χ1) is 9.57. The largest absolute Gasteiger partial charge is 0.453 e. The molecule has 0 bridgehead atoms. The zero-order valence-electron chi connectivity index (χ0n) is 10.7. The van der Waals surface area contributed by atoms with Gasteiger partial charge in [-0.3, -0.25) is 10.2 Å². The Kier molecular flexibility index (Phi) is 6.48. The van der Waals surface area contributed by atoms with Crippen LogP contribution in [-0.2, 0) is 19.0 Å². The number of halogens is 3. The van der Waals surface area contributed by atoms with E-state index >= 15 is 0 Å². The van der Waals surface area contributed by atoms with Crippen molar-refractivity contribution in [1.29, 1.82) is 5.41 Å². The van der Waals surface area contributed by atoms with Gasteiger partial charge in [-0.25, -0.2) is 0 Å². The number of esters is 1. The molecule has 122 valence electrons. The van der Waals surface area contributed by atoms with Gasteiger partial charge in [0.25, 0.3) is 3.79 Å². The van der Waals surface area contributed by atoms with Crippen LogP contribution in [0.4, 0.5) is 0 Å². The molecule has 8 nitrogen and oxygen atoms in total. The van der Waals surface area contributed by atoms with E-state index < -0.39 is 53.0 Å².